The summed E-state index contributed by atoms with van der Waals surface area (Å²) in [5, 5.41) is 13.1. The van der Waals surface area contributed by atoms with Gasteiger partial charge in [0, 0.05) is 11.6 Å². The Balaban J connectivity index is 2.28. The Morgan fingerprint density at radius 3 is 3.00 bits per heavy atom. The van der Waals surface area contributed by atoms with Gasteiger partial charge in [-0.3, -0.25) is 10.1 Å². The number of carbonyl (C=O) groups is 2. The van der Waals surface area contributed by atoms with Gasteiger partial charge in [-0.15, -0.1) is 11.3 Å². The van der Waals surface area contributed by atoms with Crippen LogP contribution in [0.5, 0.6) is 0 Å². The second-order valence-corrected chi connectivity index (χ2v) is 3.57. The molecule has 1 heterocycles. The van der Waals surface area contributed by atoms with Gasteiger partial charge in [-0.1, -0.05) is 0 Å². The maximum absolute atomic E-state index is 11.2. The highest BCUT2D eigenvalue weighted by Gasteiger charge is 2.13. The topological polar surface area (TPSA) is 88.5 Å². The molecule has 15 heavy (non-hydrogen) atoms. The van der Waals surface area contributed by atoms with Crippen LogP contribution in [-0.4, -0.2) is 34.7 Å². The quantitative estimate of drug-likeness (QED) is 0.772. The molecule has 0 aliphatic rings. The number of aliphatic carboxylic acids is 1. The van der Waals surface area contributed by atoms with Crippen LogP contribution in [0.15, 0.2) is 11.6 Å². The summed E-state index contributed by atoms with van der Waals surface area (Å²) in [5.41, 5.74) is 0. The second-order valence-electron chi connectivity index (χ2n) is 2.68. The number of rotatable bonds is 5. The van der Waals surface area contributed by atoms with Crippen molar-refractivity contribution in [3.63, 3.8) is 0 Å². The Kier molecular flexibility index (Phi) is 4.19. The summed E-state index contributed by atoms with van der Waals surface area (Å²) in [7, 11) is 0. The fourth-order valence-electron chi connectivity index (χ4n) is 0.712. The third-order valence-corrected chi connectivity index (χ3v) is 2.18. The van der Waals surface area contributed by atoms with Gasteiger partial charge >= 0.3 is 5.97 Å². The number of anilines is 1. The first kappa shape index (κ1) is 11.6. The van der Waals surface area contributed by atoms with Gasteiger partial charge in [-0.25, -0.2) is 9.78 Å². The number of nitrogens with one attached hydrogen (secondary N) is 1. The summed E-state index contributed by atoms with van der Waals surface area (Å²) in [5.74, 6) is -1.52. The van der Waals surface area contributed by atoms with Crippen LogP contribution in [0.3, 0.4) is 0 Å². The molecule has 1 amide bonds. The third-order valence-electron chi connectivity index (χ3n) is 1.49. The van der Waals surface area contributed by atoms with Gasteiger partial charge in [0.2, 0.25) is 0 Å². The van der Waals surface area contributed by atoms with Crippen molar-refractivity contribution < 1.29 is 19.4 Å². The van der Waals surface area contributed by atoms with Crippen LogP contribution in [0.1, 0.15) is 6.92 Å². The Hall–Kier alpha value is -1.47. The molecule has 0 aromatic carbocycles. The highest BCUT2D eigenvalue weighted by molar-refractivity contribution is 7.13. The first-order valence-electron chi connectivity index (χ1n) is 4.13. The number of aromatic nitrogens is 1. The Labute approximate surface area is 89.9 Å². The van der Waals surface area contributed by atoms with Gasteiger partial charge in [-0.2, -0.15) is 0 Å². The second kappa shape index (κ2) is 5.42. The van der Waals surface area contributed by atoms with Gasteiger partial charge in [0.1, 0.15) is 6.61 Å². The lowest BCUT2D eigenvalue weighted by Gasteiger charge is -2.07. The van der Waals surface area contributed by atoms with Crippen molar-refractivity contribution in [2.45, 2.75) is 13.0 Å². The van der Waals surface area contributed by atoms with Crippen LogP contribution < -0.4 is 5.32 Å². The van der Waals surface area contributed by atoms with E-state index in [-0.39, 0.29) is 6.61 Å². The van der Waals surface area contributed by atoms with Crippen LogP contribution in [-0.2, 0) is 14.3 Å². The Morgan fingerprint density at radius 2 is 2.47 bits per heavy atom. The van der Waals surface area contributed by atoms with E-state index in [1.807, 2.05) is 0 Å². The van der Waals surface area contributed by atoms with E-state index in [1.54, 1.807) is 11.6 Å². The predicted molar refractivity (Wildman–Crippen MR) is 53.8 cm³/mol. The lowest BCUT2D eigenvalue weighted by molar-refractivity contribution is -0.150. The zero-order valence-electron chi connectivity index (χ0n) is 7.97. The van der Waals surface area contributed by atoms with Crippen molar-refractivity contribution in [3.8, 4) is 0 Å². The number of hydrogen-bond donors (Lipinski definition) is 2. The fourth-order valence-corrected chi connectivity index (χ4v) is 1.26. The van der Waals surface area contributed by atoms with E-state index in [9.17, 15) is 9.59 Å². The molecule has 1 aromatic rings. The molecule has 6 nitrogen and oxygen atoms in total. The van der Waals surface area contributed by atoms with E-state index in [2.05, 4.69) is 10.3 Å². The van der Waals surface area contributed by atoms with E-state index in [1.165, 1.54) is 18.3 Å². The molecule has 1 aromatic heterocycles. The largest absolute Gasteiger partial charge is 0.479 e. The SMILES string of the molecule is CC(OCC(=O)Nc1nccs1)C(=O)O. The molecule has 1 unspecified atom stereocenters. The normalized spacial score (nSPS) is 12.1. The maximum Gasteiger partial charge on any atom is 0.332 e. The van der Waals surface area contributed by atoms with E-state index in [0.29, 0.717) is 5.13 Å². The average Bonchev–Trinajstić information content (AvgIpc) is 2.66. The van der Waals surface area contributed by atoms with Gasteiger partial charge in [0.05, 0.1) is 0 Å². The lowest BCUT2D eigenvalue weighted by atomic mass is 10.4. The molecule has 0 aliphatic carbocycles. The molecule has 0 spiro atoms. The van der Waals surface area contributed by atoms with Gasteiger partial charge in [0.15, 0.2) is 11.2 Å². The molecule has 0 radical (unpaired) electrons. The van der Waals surface area contributed by atoms with Crippen molar-refractivity contribution in [1.29, 1.82) is 0 Å². The van der Waals surface area contributed by atoms with Crippen molar-refractivity contribution in [2.75, 3.05) is 11.9 Å². The van der Waals surface area contributed by atoms with Gasteiger partial charge in [-0.05, 0) is 6.92 Å². The Bertz CT molecular complexity index is 338. The van der Waals surface area contributed by atoms with Crippen LogP contribution >= 0.6 is 11.3 Å². The molecule has 0 aliphatic heterocycles. The van der Waals surface area contributed by atoms with E-state index in [4.69, 9.17) is 9.84 Å². The minimum absolute atomic E-state index is 0.299. The number of thiazole rings is 1. The summed E-state index contributed by atoms with van der Waals surface area (Å²) in [6.45, 7) is 1.06. The molecule has 2 N–H and O–H groups in total. The number of carboxylic acid groups (broad SMARTS) is 1. The van der Waals surface area contributed by atoms with Crippen LogP contribution in [0, 0.1) is 0 Å². The lowest BCUT2D eigenvalue weighted by Crippen LogP contribution is -2.26. The molecule has 82 valence electrons. The minimum atomic E-state index is -1.10. The van der Waals surface area contributed by atoms with Crippen molar-refractivity contribution >= 4 is 28.3 Å². The van der Waals surface area contributed by atoms with Gasteiger partial charge in [0.25, 0.3) is 5.91 Å². The van der Waals surface area contributed by atoms with E-state index < -0.39 is 18.0 Å². The smallest absolute Gasteiger partial charge is 0.332 e. The van der Waals surface area contributed by atoms with Crippen LogP contribution in [0.25, 0.3) is 0 Å². The molecule has 0 fully saturated rings. The molecule has 0 bridgehead atoms. The van der Waals surface area contributed by atoms with Crippen LogP contribution in [0.4, 0.5) is 5.13 Å². The molecule has 1 rings (SSSR count). The van der Waals surface area contributed by atoms with Crippen molar-refractivity contribution in [3.05, 3.63) is 11.6 Å². The first-order chi connectivity index (χ1) is 7.09. The first-order valence-corrected chi connectivity index (χ1v) is 5.01. The number of nitrogens with zero attached hydrogens (tertiary/aromatic N) is 1. The highest BCUT2D eigenvalue weighted by atomic mass is 32.1. The zero-order valence-corrected chi connectivity index (χ0v) is 8.78. The summed E-state index contributed by atoms with van der Waals surface area (Å²) in [4.78, 5) is 25.4. The number of carbonyl (C=O) groups excluding carboxylic acids is 1. The summed E-state index contributed by atoms with van der Waals surface area (Å²) in [6.07, 6.45) is 0.563. The number of hydrogen-bond acceptors (Lipinski definition) is 5. The molecular formula is C8H10N2O4S. The molecule has 0 saturated carbocycles. The highest BCUT2D eigenvalue weighted by Crippen LogP contribution is 2.09. The third kappa shape index (κ3) is 4.05. The van der Waals surface area contributed by atoms with E-state index in [0.717, 1.165) is 0 Å². The number of ether oxygens (including phenoxy) is 1. The van der Waals surface area contributed by atoms with E-state index >= 15 is 0 Å². The molecule has 7 heteroatoms. The standard InChI is InChI=1S/C8H10N2O4S/c1-5(7(12)13)14-4-6(11)10-8-9-2-3-15-8/h2-3,5H,4H2,1H3,(H,12,13)(H,9,10,11). The maximum atomic E-state index is 11.2. The molecular weight excluding hydrogens is 220 g/mol. The number of carboxylic acids is 1. The van der Waals surface area contributed by atoms with Crippen LogP contribution in [0.2, 0.25) is 0 Å². The number of amides is 1. The molecule has 0 saturated heterocycles. The van der Waals surface area contributed by atoms with Crippen molar-refractivity contribution in [1.82, 2.24) is 4.98 Å². The zero-order chi connectivity index (χ0) is 11.3. The Morgan fingerprint density at radius 1 is 1.73 bits per heavy atom. The minimum Gasteiger partial charge on any atom is -0.479 e. The summed E-state index contributed by atoms with van der Waals surface area (Å²) >= 11 is 1.28. The van der Waals surface area contributed by atoms with Crippen molar-refractivity contribution in [2.24, 2.45) is 0 Å². The fraction of sp³-hybridized carbons (Fsp3) is 0.375. The van der Waals surface area contributed by atoms with Gasteiger partial charge < -0.3 is 9.84 Å². The summed E-state index contributed by atoms with van der Waals surface area (Å²) in [6, 6.07) is 0. The molecule has 1 atom stereocenters. The summed E-state index contributed by atoms with van der Waals surface area (Å²) < 4.78 is 4.78. The predicted octanol–water partition coefficient (Wildman–Crippen LogP) is 0.571. The monoisotopic (exact) mass is 230 g/mol. The average molecular weight is 230 g/mol.